The van der Waals surface area contributed by atoms with Crippen LogP contribution < -0.4 is 5.73 Å². The van der Waals surface area contributed by atoms with E-state index < -0.39 is 0 Å². The quantitative estimate of drug-likeness (QED) is 0.850. The van der Waals surface area contributed by atoms with Gasteiger partial charge < -0.3 is 15.5 Å². The summed E-state index contributed by atoms with van der Waals surface area (Å²) in [5.74, 6) is 0.0718. The monoisotopic (exact) mass is 309 g/mol. The van der Waals surface area contributed by atoms with Crippen LogP contribution in [0.1, 0.15) is 30.1 Å². The summed E-state index contributed by atoms with van der Waals surface area (Å²) in [6, 6.07) is 4.92. The van der Waals surface area contributed by atoms with Crippen molar-refractivity contribution >= 4 is 29.1 Å². The first-order valence-electron chi connectivity index (χ1n) is 7.15. The minimum absolute atomic E-state index is 0.0669. The molecule has 1 aliphatic rings. The molecule has 0 aliphatic carbocycles. The molecule has 0 aromatic heterocycles. The summed E-state index contributed by atoms with van der Waals surface area (Å²) in [4.78, 5) is 27.8. The van der Waals surface area contributed by atoms with E-state index in [1.54, 1.807) is 23.1 Å². The lowest BCUT2D eigenvalue weighted by Crippen LogP contribution is -2.37. The Morgan fingerprint density at radius 2 is 1.86 bits per heavy atom. The first-order valence-corrected chi connectivity index (χ1v) is 7.52. The number of halogens is 1. The van der Waals surface area contributed by atoms with E-state index in [0.717, 1.165) is 6.42 Å². The summed E-state index contributed by atoms with van der Waals surface area (Å²) in [7, 11) is 0. The number of nitrogens with two attached hydrogens (primary N) is 1. The van der Waals surface area contributed by atoms with Crippen molar-refractivity contribution in [3.63, 3.8) is 0 Å². The zero-order valence-corrected chi connectivity index (χ0v) is 12.9. The lowest BCUT2D eigenvalue weighted by Gasteiger charge is -2.22. The van der Waals surface area contributed by atoms with Gasteiger partial charge in [0, 0.05) is 38.2 Å². The van der Waals surface area contributed by atoms with Gasteiger partial charge in [-0.15, -0.1) is 0 Å². The van der Waals surface area contributed by atoms with Gasteiger partial charge in [-0.3, -0.25) is 9.59 Å². The number of hydrogen-bond acceptors (Lipinski definition) is 3. The molecule has 0 bridgehead atoms. The Labute approximate surface area is 129 Å². The SMILES string of the molecule is CCC(=O)N1CCCN(C(=O)c2ccc(N)c(Cl)c2)CC1. The van der Waals surface area contributed by atoms with Gasteiger partial charge in [0.15, 0.2) is 0 Å². The van der Waals surface area contributed by atoms with E-state index in [1.165, 1.54) is 0 Å². The van der Waals surface area contributed by atoms with Crippen LogP contribution in [0.5, 0.6) is 0 Å². The third-order valence-electron chi connectivity index (χ3n) is 3.69. The van der Waals surface area contributed by atoms with Crippen molar-refractivity contribution in [2.24, 2.45) is 0 Å². The molecule has 1 fully saturated rings. The lowest BCUT2D eigenvalue weighted by atomic mass is 10.1. The first-order chi connectivity index (χ1) is 10.0. The number of hydrogen-bond donors (Lipinski definition) is 1. The smallest absolute Gasteiger partial charge is 0.253 e. The molecule has 0 saturated carbocycles. The number of nitrogen functional groups attached to an aromatic ring is 1. The third-order valence-corrected chi connectivity index (χ3v) is 4.01. The van der Waals surface area contributed by atoms with E-state index in [0.29, 0.717) is 48.9 Å². The summed E-state index contributed by atoms with van der Waals surface area (Å²) in [5.41, 5.74) is 6.65. The van der Waals surface area contributed by atoms with Gasteiger partial charge in [0.1, 0.15) is 0 Å². The lowest BCUT2D eigenvalue weighted by molar-refractivity contribution is -0.130. The van der Waals surface area contributed by atoms with Gasteiger partial charge in [0.25, 0.3) is 5.91 Å². The zero-order valence-electron chi connectivity index (χ0n) is 12.1. The number of carbonyl (C=O) groups is 2. The van der Waals surface area contributed by atoms with Gasteiger partial charge in [0.05, 0.1) is 10.7 Å². The molecule has 1 aromatic rings. The van der Waals surface area contributed by atoms with Crippen molar-refractivity contribution in [2.75, 3.05) is 31.9 Å². The van der Waals surface area contributed by atoms with Gasteiger partial charge in [0.2, 0.25) is 5.91 Å². The second-order valence-corrected chi connectivity index (χ2v) is 5.52. The van der Waals surface area contributed by atoms with Crippen LogP contribution in [0.3, 0.4) is 0 Å². The fourth-order valence-corrected chi connectivity index (χ4v) is 2.62. The van der Waals surface area contributed by atoms with Crippen molar-refractivity contribution in [3.05, 3.63) is 28.8 Å². The standard InChI is InChI=1S/C15H20ClN3O2/c1-2-14(20)18-6-3-7-19(9-8-18)15(21)11-4-5-13(17)12(16)10-11/h4-5,10H,2-3,6-9,17H2,1H3. The molecule has 1 aromatic carbocycles. The van der Waals surface area contributed by atoms with Crippen LogP contribution in [0.2, 0.25) is 5.02 Å². The molecule has 1 aliphatic heterocycles. The van der Waals surface area contributed by atoms with E-state index in [-0.39, 0.29) is 11.8 Å². The molecular formula is C15H20ClN3O2. The van der Waals surface area contributed by atoms with Crippen molar-refractivity contribution in [1.82, 2.24) is 9.80 Å². The number of benzene rings is 1. The predicted octanol–water partition coefficient (Wildman–Crippen LogP) is 2.01. The van der Waals surface area contributed by atoms with E-state index in [1.807, 2.05) is 11.8 Å². The average molecular weight is 310 g/mol. The predicted molar refractivity (Wildman–Crippen MR) is 83.3 cm³/mol. The molecule has 2 amide bonds. The molecule has 1 heterocycles. The van der Waals surface area contributed by atoms with E-state index >= 15 is 0 Å². The van der Waals surface area contributed by atoms with Crippen LogP contribution in [-0.4, -0.2) is 47.8 Å². The Morgan fingerprint density at radius 3 is 2.52 bits per heavy atom. The van der Waals surface area contributed by atoms with Crippen molar-refractivity contribution < 1.29 is 9.59 Å². The number of nitrogens with zero attached hydrogens (tertiary/aromatic N) is 2. The van der Waals surface area contributed by atoms with Crippen LogP contribution in [0.25, 0.3) is 0 Å². The average Bonchev–Trinajstić information content (AvgIpc) is 2.74. The second-order valence-electron chi connectivity index (χ2n) is 5.12. The summed E-state index contributed by atoms with van der Waals surface area (Å²) >= 11 is 5.96. The minimum Gasteiger partial charge on any atom is -0.398 e. The molecule has 0 atom stereocenters. The fraction of sp³-hybridized carbons (Fsp3) is 0.467. The number of amides is 2. The molecule has 0 spiro atoms. The summed E-state index contributed by atoms with van der Waals surface area (Å²) in [5, 5.41) is 0.387. The molecule has 1 saturated heterocycles. The van der Waals surface area contributed by atoms with Crippen LogP contribution in [0.4, 0.5) is 5.69 Å². The molecule has 114 valence electrons. The molecule has 0 radical (unpaired) electrons. The number of anilines is 1. The van der Waals surface area contributed by atoms with Gasteiger partial charge in [-0.05, 0) is 24.6 Å². The van der Waals surface area contributed by atoms with Crippen LogP contribution in [0, 0.1) is 0 Å². The third kappa shape index (κ3) is 3.67. The largest absolute Gasteiger partial charge is 0.398 e. The Balaban J connectivity index is 2.06. The van der Waals surface area contributed by atoms with E-state index in [4.69, 9.17) is 17.3 Å². The molecular weight excluding hydrogens is 290 g/mol. The van der Waals surface area contributed by atoms with Gasteiger partial charge in [-0.2, -0.15) is 0 Å². The van der Waals surface area contributed by atoms with Crippen molar-refractivity contribution in [3.8, 4) is 0 Å². The first kappa shape index (κ1) is 15.6. The van der Waals surface area contributed by atoms with Crippen molar-refractivity contribution in [1.29, 1.82) is 0 Å². The van der Waals surface area contributed by atoms with Gasteiger partial charge >= 0.3 is 0 Å². The fourth-order valence-electron chi connectivity index (χ4n) is 2.44. The van der Waals surface area contributed by atoms with E-state index in [2.05, 4.69) is 0 Å². The highest BCUT2D eigenvalue weighted by Gasteiger charge is 2.22. The molecule has 6 heteroatoms. The molecule has 0 unspecified atom stereocenters. The Hall–Kier alpha value is -1.75. The highest BCUT2D eigenvalue weighted by atomic mass is 35.5. The van der Waals surface area contributed by atoms with Gasteiger partial charge in [-0.1, -0.05) is 18.5 Å². The van der Waals surface area contributed by atoms with Crippen LogP contribution in [0.15, 0.2) is 18.2 Å². The summed E-state index contributed by atoms with van der Waals surface area (Å²) in [6.07, 6.45) is 1.29. The molecule has 21 heavy (non-hydrogen) atoms. The molecule has 2 rings (SSSR count). The minimum atomic E-state index is -0.0669. The summed E-state index contributed by atoms with van der Waals surface area (Å²) < 4.78 is 0. The zero-order chi connectivity index (χ0) is 15.4. The summed E-state index contributed by atoms with van der Waals surface area (Å²) in [6.45, 7) is 4.34. The van der Waals surface area contributed by atoms with Gasteiger partial charge in [-0.25, -0.2) is 0 Å². The van der Waals surface area contributed by atoms with Crippen LogP contribution in [-0.2, 0) is 4.79 Å². The Morgan fingerprint density at radius 1 is 1.19 bits per heavy atom. The molecule has 2 N–H and O–H groups in total. The topological polar surface area (TPSA) is 66.6 Å². The maximum Gasteiger partial charge on any atom is 0.253 e. The highest BCUT2D eigenvalue weighted by Crippen LogP contribution is 2.21. The normalized spacial score (nSPS) is 15.7. The number of rotatable bonds is 2. The maximum absolute atomic E-state index is 12.5. The number of carbonyl (C=O) groups excluding carboxylic acids is 2. The maximum atomic E-state index is 12.5. The Kier molecular flexibility index (Phi) is 5.07. The molecule has 5 nitrogen and oxygen atoms in total. The van der Waals surface area contributed by atoms with Crippen molar-refractivity contribution in [2.45, 2.75) is 19.8 Å². The second kappa shape index (κ2) is 6.80. The Bertz CT molecular complexity index is 548. The van der Waals surface area contributed by atoms with E-state index in [9.17, 15) is 9.59 Å². The van der Waals surface area contributed by atoms with Crippen LogP contribution >= 0.6 is 11.6 Å². The highest BCUT2D eigenvalue weighted by molar-refractivity contribution is 6.33.